The Balaban J connectivity index is 1.72. The van der Waals surface area contributed by atoms with E-state index in [0.717, 1.165) is 44.2 Å². The van der Waals surface area contributed by atoms with Crippen molar-refractivity contribution in [1.82, 2.24) is 0 Å². The predicted octanol–water partition coefficient (Wildman–Crippen LogP) is 4.17. The summed E-state index contributed by atoms with van der Waals surface area (Å²) in [6.45, 7) is 7.12. The summed E-state index contributed by atoms with van der Waals surface area (Å²) in [7, 11) is 0. The quantitative estimate of drug-likeness (QED) is 0.706. The van der Waals surface area contributed by atoms with E-state index in [1.807, 2.05) is 6.92 Å². The van der Waals surface area contributed by atoms with Gasteiger partial charge in [-0.05, 0) is 62.2 Å². The van der Waals surface area contributed by atoms with Crippen LogP contribution < -0.4 is 0 Å². The van der Waals surface area contributed by atoms with Gasteiger partial charge >= 0.3 is 0 Å². The fourth-order valence-electron chi connectivity index (χ4n) is 6.88. The lowest BCUT2D eigenvalue weighted by Crippen LogP contribution is -2.56. The smallest absolute Gasteiger partial charge is 0.139 e. The lowest BCUT2D eigenvalue weighted by molar-refractivity contribution is -0.136. The fourth-order valence-corrected chi connectivity index (χ4v) is 6.88. The highest BCUT2D eigenvalue weighted by atomic mass is 16.6. The topological polar surface area (TPSA) is 55.7 Å². The van der Waals surface area contributed by atoms with Crippen LogP contribution in [0, 0.1) is 34.5 Å². The molecular weight excluding hydrogens is 314 g/mol. The molecule has 0 heterocycles. The molecule has 0 amide bonds. The lowest BCUT2D eigenvalue weighted by Gasteiger charge is -2.59. The van der Waals surface area contributed by atoms with Gasteiger partial charge in [0.25, 0.3) is 0 Å². The molecule has 0 N–H and O–H groups in total. The number of carbonyl (C=O) groups is 2. The first-order valence-corrected chi connectivity index (χ1v) is 10.1. The molecule has 0 aromatic heterocycles. The summed E-state index contributed by atoms with van der Waals surface area (Å²) in [5, 5.41) is 4.49. The summed E-state index contributed by atoms with van der Waals surface area (Å²) in [4.78, 5) is 30.2. The number of fused-ring (bicyclic) bond motifs is 5. The van der Waals surface area contributed by atoms with Crippen LogP contribution in [0.1, 0.15) is 72.1 Å². The Morgan fingerprint density at radius 2 is 1.88 bits per heavy atom. The third-order valence-electron chi connectivity index (χ3n) is 8.32. The molecule has 25 heavy (non-hydrogen) atoms. The van der Waals surface area contributed by atoms with E-state index in [4.69, 9.17) is 4.84 Å². The zero-order valence-electron chi connectivity index (χ0n) is 15.8. The molecule has 0 spiro atoms. The van der Waals surface area contributed by atoms with Crippen molar-refractivity contribution >= 4 is 17.3 Å². The van der Waals surface area contributed by atoms with Crippen LogP contribution in [0.25, 0.3) is 0 Å². The summed E-state index contributed by atoms with van der Waals surface area (Å²) >= 11 is 0. The van der Waals surface area contributed by atoms with E-state index < -0.39 is 0 Å². The number of hydrogen-bond acceptors (Lipinski definition) is 4. The van der Waals surface area contributed by atoms with Gasteiger partial charge in [-0.3, -0.25) is 9.59 Å². The van der Waals surface area contributed by atoms with E-state index >= 15 is 0 Å². The number of hydrogen-bond donors (Lipinski definition) is 0. The first-order valence-electron chi connectivity index (χ1n) is 10.1. The van der Waals surface area contributed by atoms with Gasteiger partial charge in [0, 0.05) is 30.6 Å². The van der Waals surface area contributed by atoms with Gasteiger partial charge < -0.3 is 4.84 Å². The number of Topliss-reactive ketones (excluding diaryl/α,β-unsaturated/α-hetero) is 2. The van der Waals surface area contributed by atoms with Gasteiger partial charge in [0.2, 0.25) is 0 Å². The van der Waals surface area contributed by atoms with Crippen molar-refractivity contribution < 1.29 is 14.4 Å². The Morgan fingerprint density at radius 1 is 1.08 bits per heavy atom. The van der Waals surface area contributed by atoms with Crippen LogP contribution in [0.15, 0.2) is 5.16 Å². The van der Waals surface area contributed by atoms with Crippen LogP contribution in [0.4, 0.5) is 0 Å². The van der Waals surface area contributed by atoms with E-state index in [9.17, 15) is 9.59 Å². The van der Waals surface area contributed by atoms with Crippen LogP contribution in [0.3, 0.4) is 0 Å². The highest BCUT2D eigenvalue weighted by Gasteiger charge is 2.61. The second-order valence-electron chi connectivity index (χ2n) is 9.30. The number of carbonyl (C=O) groups excluding carboxylic acids is 2. The van der Waals surface area contributed by atoms with Gasteiger partial charge in [-0.1, -0.05) is 19.0 Å². The van der Waals surface area contributed by atoms with E-state index in [0.29, 0.717) is 48.8 Å². The Morgan fingerprint density at radius 3 is 2.64 bits per heavy atom. The summed E-state index contributed by atoms with van der Waals surface area (Å²) in [5.41, 5.74) is 1.12. The maximum Gasteiger partial charge on any atom is 0.139 e. The molecule has 4 aliphatic carbocycles. The molecule has 0 saturated heterocycles. The number of oxime groups is 1. The van der Waals surface area contributed by atoms with Crippen LogP contribution in [0.5, 0.6) is 0 Å². The van der Waals surface area contributed by atoms with E-state index in [2.05, 4.69) is 19.0 Å². The largest absolute Gasteiger partial charge is 0.396 e. The molecule has 0 unspecified atom stereocenters. The molecule has 4 saturated carbocycles. The van der Waals surface area contributed by atoms with Crippen LogP contribution in [0.2, 0.25) is 0 Å². The molecule has 4 fully saturated rings. The maximum absolute atomic E-state index is 12.6. The maximum atomic E-state index is 12.6. The minimum Gasteiger partial charge on any atom is -0.396 e. The number of nitrogens with zero attached hydrogens (tertiary/aromatic N) is 1. The summed E-state index contributed by atoms with van der Waals surface area (Å²) in [6, 6.07) is 0. The van der Waals surface area contributed by atoms with Gasteiger partial charge in [0.15, 0.2) is 0 Å². The lowest BCUT2D eigenvalue weighted by atomic mass is 9.45. The Hall–Kier alpha value is -1.19. The second kappa shape index (κ2) is 5.92. The molecule has 4 rings (SSSR count). The summed E-state index contributed by atoms with van der Waals surface area (Å²) < 4.78 is 0. The molecule has 0 radical (unpaired) electrons. The van der Waals surface area contributed by atoms with Gasteiger partial charge in [0.05, 0.1) is 5.71 Å². The molecule has 0 bridgehead atoms. The molecule has 4 nitrogen and oxygen atoms in total. The van der Waals surface area contributed by atoms with Crippen molar-refractivity contribution in [3.63, 3.8) is 0 Å². The van der Waals surface area contributed by atoms with Crippen LogP contribution in [-0.4, -0.2) is 23.9 Å². The molecular formula is C21H31NO3. The minimum absolute atomic E-state index is 0.119. The van der Waals surface area contributed by atoms with Gasteiger partial charge in [-0.2, -0.15) is 0 Å². The average Bonchev–Trinajstić information content (AvgIpc) is 2.89. The Bertz CT molecular complexity index is 627. The number of rotatable bonds is 2. The third kappa shape index (κ3) is 2.43. The van der Waals surface area contributed by atoms with Crippen LogP contribution in [-0.2, 0) is 14.4 Å². The van der Waals surface area contributed by atoms with Crippen molar-refractivity contribution in [2.45, 2.75) is 72.1 Å². The first-order chi connectivity index (χ1) is 11.9. The van der Waals surface area contributed by atoms with Crippen molar-refractivity contribution in [3.05, 3.63) is 0 Å². The molecule has 138 valence electrons. The predicted molar refractivity (Wildman–Crippen MR) is 96.2 cm³/mol. The zero-order valence-corrected chi connectivity index (χ0v) is 15.8. The summed E-state index contributed by atoms with van der Waals surface area (Å²) in [5.74, 6) is 2.73. The molecule has 4 aliphatic rings. The zero-order chi connectivity index (χ0) is 17.8. The van der Waals surface area contributed by atoms with Crippen molar-refractivity contribution in [2.24, 2.45) is 39.7 Å². The molecule has 0 aromatic carbocycles. The standard InChI is InChI=1S/C21H31NO3/c1-4-25-22-18-12-14-15-5-6-19(24)21(15,3)10-8-16(14)20(2)9-7-13(23)11-17(18)20/h14-17H,4-12H2,1-3H3/t14-,15-,16-,17+,20+,21-/m0/s1. The highest BCUT2D eigenvalue weighted by Crippen LogP contribution is 2.64. The Kier molecular flexibility index (Phi) is 4.08. The minimum atomic E-state index is -0.119. The third-order valence-corrected chi connectivity index (χ3v) is 8.32. The van der Waals surface area contributed by atoms with Gasteiger partial charge in [0.1, 0.15) is 18.2 Å². The van der Waals surface area contributed by atoms with Crippen LogP contribution >= 0.6 is 0 Å². The normalized spacial score (nSPS) is 48.0. The monoisotopic (exact) mass is 345 g/mol. The molecule has 6 atom stereocenters. The highest BCUT2D eigenvalue weighted by molar-refractivity contribution is 5.94. The van der Waals surface area contributed by atoms with E-state index in [1.165, 1.54) is 0 Å². The number of ketones is 2. The molecule has 0 aliphatic heterocycles. The van der Waals surface area contributed by atoms with Gasteiger partial charge in [-0.15, -0.1) is 0 Å². The van der Waals surface area contributed by atoms with Crippen molar-refractivity contribution in [1.29, 1.82) is 0 Å². The van der Waals surface area contributed by atoms with Gasteiger partial charge in [-0.25, -0.2) is 0 Å². The average molecular weight is 345 g/mol. The first kappa shape index (κ1) is 17.2. The van der Waals surface area contributed by atoms with E-state index in [1.54, 1.807) is 0 Å². The van der Waals surface area contributed by atoms with Crippen molar-refractivity contribution in [2.75, 3.05) is 6.61 Å². The van der Waals surface area contributed by atoms with E-state index in [-0.39, 0.29) is 16.7 Å². The Labute approximate surface area is 150 Å². The van der Waals surface area contributed by atoms with Crippen molar-refractivity contribution in [3.8, 4) is 0 Å². The fraction of sp³-hybridized carbons (Fsp3) is 0.857. The summed E-state index contributed by atoms with van der Waals surface area (Å²) in [6.07, 6.45) is 7.19. The second-order valence-corrected chi connectivity index (χ2v) is 9.30. The SMILES string of the molecule is CCON=C1C[C@@H]2[C@H](CC[C@]3(C)C(=O)CC[C@@H]23)[C@@]2(C)CCC(=O)C[C@H]12. The molecule has 4 heteroatoms. The molecule has 0 aromatic rings.